The first-order chi connectivity index (χ1) is 10.6. The Labute approximate surface area is 157 Å². The number of hydrogen-bond acceptors (Lipinski definition) is 5. The predicted octanol–water partition coefficient (Wildman–Crippen LogP) is 0.608. The van der Waals surface area contributed by atoms with E-state index >= 15 is 0 Å². The summed E-state index contributed by atoms with van der Waals surface area (Å²) in [5.41, 5.74) is 0.587. The Morgan fingerprint density at radius 3 is 2.30 bits per heavy atom. The molecular formula is C16H16NNaO5. The van der Waals surface area contributed by atoms with Crippen molar-refractivity contribution < 1.29 is 50.5 Å². The molecule has 0 bridgehead atoms. The van der Waals surface area contributed by atoms with Gasteiger partial charge in [0.1, 0.15) is 0 Å². The van der Waals surface area contributed by atoms with Crippen LogP contribution in [0, 0.1) is 10.1 Å². The Morgan fingerprint density at radius 1 is 1.17 bits per heavy atom. The second-order valence-corrected chi connectivity index (χ2v) is 4.40. The van der Waals surface area contributed by atoms with Crippen molar-refractivity contribution in [3.8, 4) is 11.5 Å². The van der Waals surface area contributed by atoms with Gasteiger partial charge in [0, 0.05) is 5.56 Å². The molecule has 1 N–H and O–H groups in total. The first-order valence-electron chi connectivity index (χ1n) is 6.50. The molecule has 0 amide bonds. The maximum Gasteiger partial charge on any atom is 1.00 e. The van der Waals surface area contributed by atoms with Gasteiger partial charge in [0.25, 0.3) is 6.20 Å². The van der Waals surface area contributed by atoms with E-state index in [1.165, 1.54) is 7.11 Å². The molecule has 0 heterocycles. The number of benzene rings is 2. The topological polar surface area (TPSA) is 81.8 Å². The van der Waals surface area contributed by atoms with E-state index in [-0.39, 0.29) is 31.0 Å². The number of rotatable bonds is 6. The Balaban J connectivity index is 0.00000264. The van der Waals surface area contributed by atoms with Crippen molar-refractivity contribution >= 4 is 0 Å². The van der Waals surface area contributed by atoms with Crippen molar-refractivity contribution in [2.75, 3.05) is 7.11 Å². The minimum atomic E-state index is -0.997. The molecule has 1 atom stereocenters. The van der Waals surface area contributed by atoms with E-state index in [1.54, 1.807) is 54.6 Å². The number of methoxy groups -OCH3 is 1. The van der Waals surface area contributed by atoms with Crippen LogP contribution in [0.3, 0.4) is 0 Å². The first kappa shape index (κ1) is 19.0. The molecule has 2 aromatic rings. The summed E-state index contributed by atoms with van der Waals surface area (Å²) < 4.78 is 10.9. The summed E-state index contributed by atoms with van der Waals surface area (Å²) in [6, 6.07) is 15.6. The molecule has 0 saturated heterocycles. The minimum Gasteiger partial charge on any atom is -1.00 e. The van der Waals surface area contributed by atoms with Crippen LogP contribution in [-0.4, -0.2) is 17.1 Å². The molecule has 0 saturated carbocycles. The van der Waals surface area contributed by atoms with E-state index in [4.69, 9.17) is 9.47 Å². The molecule has 0 spiro atoms. The van der Waals surface area contributed by atoms with Crippen LogP contribution >= 0.6 is 0 Å². The molecule has 0 fully saturated rings. The van der Waals surface area contributed by atoms with E-state index in [2.05, 4.69) is 0 Å². The largest absolute Gasteiger partial charge is 1.00 e. The predicted molar refractivity (Wildman–Crippen MR) is 81.6 cm³/mol. The van der Waals surface area contributed by atoms with Crippen LogP contribution in [0.2, 0.25) is 0 Å². The molecule has 7 heteroatoms. The molecule has 2 aromatic carbocycles. The normalized spacial score (nSPS) is 12.0. The molecule has 2 rings (SSSR count). The zero-order chi connectivity index (χ0) is 15.9. The first-order valence-corrected chi connectivity index (χ1v) is 6.50. The number of nitrogens with zero attached hydrogens (tertiary/aromatic N) is 1. The molecule has 6 nitrogen and oxygen atoms in total. The standard InChI is InChI=1S/C16H15NO5.Na.H/c1-21-14-9-5-6-10-15(14)22-16(13(18)11-17(19)20)12-7-3-2-4-8-12;;/h2-11,16,18H,1H3;;/q;+1;-1/b13-11+;;. The van der Waals surface area contributed by atoms with Gasteiger partial charge in [0.15, 0.2) is 17.6 Å². The van der Waals surface area contributed by atoms with Crippen molar-refractivity contribution in [2.45, 2.75) is 6.10 Å². The Morgan fingerprint density at radius 2 is 1.74 bits per heavy atom. The molecule has 0 aliphatic rings. The molecular weight excluding hydrogens is 309 g/mol. The summed E-state index contributed by atoms with van der Waals surface area (Å²) in [4.78, 5) is 9.88. The van der Waals surface area contributed by atoms with Gasteiger partial charge >= 0.3 is 29.6 Å². The summed E-state index contributed by atoms with van der Waals surface area (Å²) in [5.74, 6) is 0.349. The van der Waals surface area contributed by atoms with Crippen molar-refractivity contribution in [3.63, 3.8) is 0 Å². The van der Waals surface area contributed by atoms with Crippen molar-refractivity contribution in [1.29, 1.82) is 0 Å². The molecule has 0 radical (unpaired) electrons. The van der Waals surface area contributed by atoms with Gasteiger partial charge in [-0.3, -0.25) is 10.1 Å². The fourth-order valence-corrected chi connectivity index (χ4v) is 1.95. The molecule has 23 heavy (non-hydrogen) atoms. The van der Waals surface area contributed by atoms with Gasteiger partial charge in [0.05, 0.1) is 12.0 Å². The third-order valence-electron chi connectivity index (χ3n) is 2.92. The average Bonchev–Trinajstić information content (AvgIpc) is 2.53. The number of nitro groups is 1. The van der Waals surface area contributed by atoms with Gasteiger partial charge in [-0.1, -0.05) is 42.5 Å². The summed E-state index contributed by atoms with van der Waals surface area (Å²) >= 11 is 0. The van der Waals surface area contributed by atoms with Gasteiger partial charge in [-0.15, -0.1) is 0 Å². The van der Waals surface area contributed by atoms with E-state index < -0.39 is 16.8 Å². The minimum absolute atomic E-state index is 0. The number of ether oxygens (including phenoxy) is 2. The van der Waals surface area contributed by atoms with Gasteiger partial charge < -0.3 is 16.0 Å². The van der Waals surface area contributed by atoms with Crippen LogP contribution in [0.15, 0.2) is 66.6 Å². The molecule has 1 unspecified atom stereocenters. The molecule has 116 valence electrons. The fraction of sp³-hybridized carbons (Fsp3) is 0.125. The van der Waals surface area contributed by atoms with Gasteiger partial charge in [0.2, 0.25) is 5.76 Å². The molecule has 0 aromatic heterocycles. The van der Waals surface area contributed by atoms with E-state index in [0.717, 1.165) is 0 Å². The second kappa shape index (κ2) is 9.19. The second-order valence-electron chi connectivity index (χ2n) is 4.40. The summed E-state index contributed by atoms with van der Waals surface area (Å²) in [6.45, 7) is 0. The van der Waals surface area contributed by atoms with Crippen LogP contribution < -0.4 is 39.0 Å². The number of hydrogen-bond donors (Lipinski definition) is 1. The van der Waals surface area contributed by atoms with Crippen LogP contribution in [0.4, 0.5) is 0 Å². The molecule has 0 aliphatic carbocycles. The summed E-state index contributed by atoms with van der Waals surface area (Å²) in [7, 11) is 1.49. The third-order valence-corrected chi connectivity index (χ3v) is 2.92. The van der Waals surface area contributed by atoms with E-state index in [9.17, 15) is 15.2 Å². The Hall–Kier alpha value is -2.02. The molecule has 0 aliphatic heterocycles. The number of aliphatic hydroxyl groups is 1. The van der Waals surface area contributed by atoms with Gasteiger partial charge in [-0.2, -0.15) is 0 Å². The quantitative estimate of drug-likeness (QED) is 0.364. The fourth-order valence-electron chi connectivity index (χ4n) is 1.95. The van der Waals surface area contributed by atoms with Gasteiger partial charge in [-0.25, -0.2) is 0 Å². The maximum atomic E-state index is 10.6. The van der Waals surface area contributed by atoms with Crippen LogP contribution in [0.5, 0.6) is 11.5 Å². The maximum absolute atomic E-state index is 10.6. The summed E-state index contributed by atoms with van der Waals surface area (Å²) in [5, 5.41) is 20.6. The Kier molecular flexibility index (Phi) is 7.61. The van der Waals surface area contributed by atoms with Crippen LogP contribution in [0.1, 0.15) is 13.1 Å². The van der Waals surface area contributed by atoms with Crippen molar-refractivity contribution in [1.82, 2.24) is 0 Å². The van der Waals surface area contributed by atoms with Gasteiger partial charge in [-0.05, 0) is 12.1 Å². The van der Waals surface area contributed by atoms with Crippen LogP contribution in [-0.2, 0) is 0 Å². The summed E-state index contributed by atoms with van der Waals surface area (Å²) in [6.07, 6.45) is -0.476. The zero-order valence-corrected chi connectivity index (χ0v) is 14.9. The third kappa shape index (κ3) is 5.28. The van der Waals surface area contributed by atoms with Crippen molar-refractivity contribution in [3.05, 3.63) is 82.2 Å². The monoisotopic (exact) mass is 325 g/mol. The SMILES string of the molecule is COc1ccccc1OC(/C(O)=C\[N+](=O)[O-])c1ccccc1.[H-].[Na+]. The zero-order valence-electron chi connectivity index (χ0n) is 13.9. The van der Waals surface area contributed by atoms with Crippen LogP contribution in [0.25, 0.3) is 0 Å². The number of para-hydroxylation sites is 2. The van der Waals surface area contributed by atoms with Crippen molar-refractivity contribution in [2.24, 2.45) is 0 Å². The van der Waals surface area contributed by atoms with E-state index in [1.807, 2.05) is 0 Å². The average molecular weight is 325 g/mol. The van der Waals surface area contributed by atoms with E-state index in [0.29, 0.717) is 23.3 Å². The smallest absolute Gasteiger partial charge is 1.00 e. The number of aliphatic hydroxyl groups excluding tert-OH is 1. The Bertz CT molecular complexity index is 681.